The smallest absolute Gasteiger partial charge is 0.160 e. The molecule has 0 amide bonds. The van der Waals surface area contributed by atoms with Crippen LogP contribution in [0.2, 0.25) is 0 Å². The van der Waals surface area contributed by atoms with Crippen LogP contribution in [0.25, 0.3) is 11.3 Å². The van der Waals surface area contributed by atoms with Gasteiger partial charge in [-0.25, -0.2) is 4.98 Å². The van der Waals surface area contributed by atoms with Gasteiger partial charge in [-0.3, -0.25) is 4.98 Å². The molecule has 0 atom stereocenters. The van der Waals surface area contributed by atoms with Crippen LogP contribution in [0.15, 0.2) is 67.4 Å². The summed E-state index contributed by atoms with van der Waals surface area (Å²) < 4.78 is 1.88. The highest BCUT2D eigenvalue weighted by Crippen LogP contribution is 2.26. The fourth-order valence-corrected chi connectivity index (χ4v) is 4.35. The van der Waals surface area contributed by atoms with Gasteiger partial charge in [0.1, 0.15) is 11.6 Å². The summed E-state index contributed by atoms with van der Waals surface area (Å²) in [6.45, 7) is 9.28. The molecule has 0 saturated carbocycles. The van der Waals surface area contributed by atoms with E-state index in [1.54, 1.807) is 0 Å². The molecule has 7 nitrogen and oxygen atoms in total. The molecule has 1 aromatic carbocycles. The summed E-state index contributed by atoms with van der Waals surface area (Å²) in [6, 6.07) is 18.5. The molecule has 0 aliphatic carbocycles. The zero-order valence-electron chi connectivity index (χ0n) is 19.9. The van der Waals surface area contributed by atoms with Gasteiger partial charge in [-0.1, -0.05) is 24.8 Å². The van der Waals surface area contributed by atoms with Crippen molar-refractivity contribution in [2.24, 2.45) is 0 Å². The van der Waals surface area contributed by atoms with E-state index >= 15 is 0 Å². The van der Waals surface area contributed by atoms with Crippen LogP contribution in [0, 0.1) is 6.92 Å². The Morgan fingerprint density at radius 1 is 1.09 bits per heavy atom. The lowest BCUT2D eigenvalue weighted by atomic mass is 10.1. The van der Waals surface area contributed by atoms with E-state index < -0.39 is 0 Å². The summed E-state index contributed by atoms with van der Waals surface area (Å²) in [5.41, 5.74) is 6.00. The first-order valence-corrected chi connectivity index (χ1v) is 11.9. The third-order valence-corrected chi connectivity index (χ3v) is 6.35. The molecule has 7 heteroatoms. The number of nitrogens with one attached hydrogen (secondary N) is 1. The Kier molecular flexibility index (Phi) is 6.16. The van der Waals surface area contributed by atoms with E-state index in [-0.39, 0.29) is 0 Å². The van der Waals surface area contributed by atoms with Crippen LogP contribution in [0.5, 0.6) is 0 Å². The highest BCUT2D eigenvalue weighted by molar-refractivity contribution is 5.68. The molecule has 0 spiro atoms. The van der Waals surface area contributed by atoms with Crippen LogP contribution in [0.4, 0.5) is 17.3 Å². The number of hydrogen-bond donors (Lipinski definition) is 1. The Balaban J connectivity index is 1.30. The summed E-state index contributed by atoms with van der Waals surface area (Å²) >= 11 is 0. The van der Waals surface area contributed by atoms with Crippen LogP contribution in [0.3, 0.4) is 0 Å². The summed E-state index contributed by atoms with van der Waals surface area (Å²) in [5.74, 6) is 1.92. The van der Waals surface area contributed by atoms with Gasteiger partial charge < -0.3 is 15.1 Å². The third kappa shape index (κ3) is 4.73. The number of likely N-dealkylation sites (N-methyl/N-ethyl adjacent to an activating group) is 1. The fourth-order valence-electron chi connectivity index (χ4n) is 4.35. The molecule has 0 bridgehead atoms. The number of aryl methyl sites for hydroxylation is 1. The molecule has 0 radical (unpaired) electrons. The van der Waals surface area contributed by atoms with Gasteiger partial charge in [-0.2, -0.15) is 9.61 Å². The maximum absolute atomic E-state index is 4.84. The molecule has 1 N–H and O–H groups in total. The van der Waals surface area contributed by atoms with Gasteiger partial charge in [0.05, 0.1) is 5.69 Å². The molecule has 1 saturated heterocycles. The number of nitrogens with zero attached hydrogens (tertiary/aromatic N) is 6. The lowest BCUT2D eigenvalue weighted by molar-refractivity contribution is 0.482. The number of benzene rings is 1. The highest BCUT2D eigenvalue weighted by atomic mass is 15.3. The van der Waals surface area contributed by atoms with E-state index in [4.69, 9.17) is 4.98 Å². The van der Waals surface area contributed by atoms with Crippen LogP contribution >= 0.6 is 0 Å². The minimum absolute atomic E-state index is 0.864. The van der Waals surface area contributed by atoms with Crippen molar-refractivity contribution in [1.29, 1.82) is 0 Å². The maximum atomic E-state index is 4.84. The minimum Gasteiger partial charge on any atom is -0.374 e. The standard InChI is InChI=1S/C27H31N7/c1-20-18-26-30-25(33-15-6-7-16-33)19-27(34(26)31-20)29-24-11-9-22(10-12-24)21(2)32(3)17-13-23-8-4-5-14-28-23/h4-5,8-12,14,18-19,29H,2,6-7,13,15-17H2,1,3H3. The van der Waals surface area contributed by atoms with Crippen molar-refractivity contribution in [3.63, 3.8) is 0 Å². The number of aromatic nitrogens is 4. The molecule has 4 heterocycles. The quantitative estimate of drug-likeness (QED) is 0.409. The molecule has 1 fully saturated rings. The van der Waals surface area contributed by atoms with Crippen LogP contribution in [-0.4, -0.2) is 51.2 Å². The van der Waals surface area contributed by atoms with Crippen molar-refractivity contribution in [3.8, 4) is 0 Å². The Hall–Kier alpha value is -3.87. The second-order valence-electron chi connectivity index (χ2n) is 8.89. The molecule has 1 aliphatic heterocycles. The van der Waals surface area contributed by atoms with Gasteiger partial charge in [0.2, 0.25) is 0 Å². The van der Waals surface area contributed by atoms with E-state index in [1.807, 2.05) is 35.8 Å². The molecular formula is C27H31N7. The van der Waals surface area contributed by atoms with Gasteiger partial charge in [0, 0.05) is 68.5 Å². The highest BCUT2D eigenvalue weighted by Gasteiger charge is 2.17. The number of hydrogen-bond acceptors (Lipinski definition) is 6. The molecule has 34 heavy (non-hydrogen) atoms. The maximum Gasteiger partial charge on any atom is 0.160 e. The first-order chi connectivity index (χ1) is 16.6. The Bertz CT molecular complexity index is 1270. The van der Waals surface area contributed by atoms with Gasteiger partial charge in [0.15, 0.2) is 5.65 Å². The summed E-state index contributed by atoms with van der Waals surface area (Å²) in [7, 11) is 2.07. The lowest BCUT2D eigenvalue weighted by Gasteiger charge is -2.22. The zero-order valence-corrected chi connectivity index (χ0v) is 19.9. The van der Waals surface area contributed by atoms with Crippen molar-refractivity contribution in [2.45, 2.75) is 26.2 Å². The lowest BCUT2D eigenvalue weighted by Crippen LogP contribution is -2.20. The second kappa shape index (κ2) is 9.55. The number of pyridine rings is 1. The first kappa shape index (κ1) is 21.9. The van der Waals surface area contributed by atoms with Crippen LogP contribution in [-0.2, 0) is 6.42 Å². The van der Waals surface area contributed by atoms with Crippen molar-refractivity contribution in [1.82, 2.24) is 24.5 Å². The Morgan fingerprint density at radius 2 is 1.88 bits per heavy atom. The normalized spacial score (nSPS) is 13.4. The molecule has 5 rings (SSSR count). The fraction of sp³-hybridized carbons (Fsp3) is 0.296. The molecule has 1 aliphatic rings. The van der Waals surface area contributed by atoms with Gasteiger partial charge >= 0.3 is 0 Å². The monoisotopic (exact) mass is 453 g/mol. The summed E-state index contributed by atoms with van der Waals surface area (Å²) in [5, 5.41) is 8.19. The van der Waals surface area contributed by atoms with Crippen molar-refractivity contribution < 1.29 is 0 Å². The first-order valence-electron chi connectivity index (χ1n) is 11.9. The summed E-state index contributed by atoms with van der Waals surface area (Å²) in [6.07, 6.45) is 5.16. The number of fused-ring (bicyclic) bond motifs is 1. The Labute approximate surface area is 200 Å². The van der Waals surface area contributed by atoms with Gasteiger partial charge in [-0.05, 0) is 49.6 Å². The van der Waals surface area contributed by atoms with Crippen LogP contribution in [0.1, 0.15) is 29.8 Å². The average Bonchev–Trinajstić information content (AvgIpc) is 3.53. The topological polar surface area (TPSA) is 61.6 Å². The van der Waals surface area contributed by atoms with Crippen molar-refractivity contribution in [2.75, 3.05) is 36.9 Å². The molecule has 174 valence electrons. The van der Waals surface area contributed by atoms with Gasteiger partial charge in [0.25, 0.3) is 0 Å². The number of anilines is 3. The van der Waals surface area contributed by atoms with Crippen molar-refractivity contribution in [3.05, 3.63) is 84.3 Å². The molecule has 0 unspecified atom stereocenters. The SMILES string of the molecule is C=C(c1ccc(Nc2cc(N3CCCC3)nc3cc(C)nn23)cc1)N(C)CCc1ccccn1. The van der Waals surface area contributed by atoms with E-state index in [0.29, 0.717) is 0 Å². The van der Waals surface area contributed by atoms with E-state index in [2.05, 4.69) is 75.2 Å². The average molecular weight is 454 g/mol. The van der Waals surface area contributed by atoms with E-state index in [1.165, 1.54) is 12.8 Å². The number of rotatable bonds is 8. The molecular weight excluding hydrogens is 422 g/mol. The van der Waals surface area contributed by atoms with E-state index in [0.717, 1.165) is 71.7 Å². The minimum atomic E-state index is 0.864. The zero-order chi connectivity index (χ0) is 23.5. The van der Waals surface area contributed by atoms with E-state index in [9.17, 15) is 0 Å². The third-order valence-electron chi connectivity index (χ3n) is 6.35. The van der Waals surface area contributed by atoms with Gasteiger partial charge in [-0.15, -0.1) is 0 Å². The second-order valence-corrected chi connectivity index (χ2v) is 8.89. The van der Waals surface area contributed by atoms with Crippen LogP contribution < -0.4 is 10.2 Å². The Morgan fingerprint density at radius 3 is 2.62 bits per heavy atom. The summed E-state index contributed by atoms with van der Waals surface area (Å²) in [4.78, 5) is 13.8. The van der Waals surface area contributed by atoms with Crippen molar-refractivity contribution >= 4 is 28.7 Å². The largest absolute Gasteiger partial charge is 0.374 e. The molecule has 3 aromatic heterocycles. The predicted molar refractivity (Wildman–Crippen MR) is 139 cm³/mol. The predicted octanol–water partition coefficient (Wildman–Crippen LogP) is 4.92. The molecule has 4 aromatic rings.